The third kappa shape index (κ3) is 3.67. The molecule has 0 aliphatic carbocycles. The number of fused-ring (bicyclic) bond motifs is 1. The van der Waals surface area contributed by atoms with E-state index in [0.717, 1.165) is 15.2 Å². The highest BCUT2D eigenvalue weighted by atomic mass is 32.2. The molecule has 122 valence electrons. The van der Waals surface area contributed by atoms with Crippen LogP contribution in [0.5, 0.6) is 0 Å². The second-order valence-electron chi connectivity index (χ2n) is 5.96. The van der Waals surface area contributed by atoms with Gasteiger partial charge in [-0.1, -0.05) is 12.1 Å². The number of amides is 2. The predicted molar refractivity (Wildman–Crippen MR) is 94.8 cm³/mol. The van der Waals surface area contributed by atoms with Crippen molar-refractivity contribution in [2.24, 2.45) is 0 Å². The molecule has 1 fully saturated rings. The number of nitrogens with one attached hydrogen (secondary N) is 2. The van der Waals surface area contributed by atoms with Gasteiger partial charge in [-0.15, -0.1) is 23.1 Å². The number of thiazole rings is 1. The third-order valence-electron chi connectivity index (χ3n) is 3.76. The van der Waals surface area contributed by atoms with Crippen LogP contribution in [0.25, 0.3) is 10.2 Å². The molecule has 0 spiro atoms. The molecule has 1 aliphatic heterocycles. The van der Waals surface area contributed by atoms with E-state index in [2.05, 4.69) is 15.6 Å². The average molecular weight is 349 g/mol. The number of para-hydroxylation sites is 1. The van der Waals surface area contributed by atoms with E-state index in [4.69, 9.17) is 0 Å². The van der Waals surface area contributed by atoms with Gasteiger partial charge < -0.3 is 10.6 Å². The zero-order valence-electron chi connectivity index (χ0n) is 13.1. The predicted octanol–water partition coefficient (Wildman–Crippen LogP) is 1.97. The quantitative estimate of drug-likeness (QED) is 0.885. The van der Waals surface area contributed by atoms with Crippen molar-refractivity contribution < 1.29 is 9.59 Å². The summed E-state index contributed by atoms with van der Waals surface area (Å²) in [6.45, 7) is 4.27. The van der Waals surface area contributed by atoms with Crippen molar-refractivity contribution in [3.63, 3.8) is 0 Å². The molecule has 1 aromatic heterocycles. The number of carbonyl (C=O) groups is 2. The minimum Gasteiger partial charge on any atom is -0.354 e. The Balaban J connectivity index is 1.50. The van der Waals surface area contributed by atoms with Gasteiger partial charge in [0.2, 0.25) is 11.8 Å². The van der Waals surface area contributed by atoms with Crippen LogP contribution in [0.1, 0.15) is 18.9 Å². The molecule has 2 amide bonds. The molecule has 1 aromatic carbocycles. The Kier molecular flexibility index (Phi) is 4.59. The summed E-state index contributed by atoms with van der Waals surface area (Å²) in [5.74, 6) is 0.397. The molecule has 5 nitrogen and oxygen atoms in total. The fourth-order valence-electron chi connectivity index (χ4n) is 2.31. The highest BCUT2D eigenvalue weighted by molar-refractivity contribution is 8.01. The first-order valence-corrected chi connectivity index (χ1v) is 9.33. The van der Waals surface area contributed by atoms with Gasteiger partial charge in [0, 0.05) is 18.7 Å². The van der Waals surface area contributed by atoms with E-state index in [1.54, 1.807) is 11.3 Å². The average Bonchev–Trinajstić information content (AvgIpc) is 2.92. The first kappa shape index (κ1) is 16.3. The molecule has 2 aromatic rings. The second kappa shape index (κ2) is 6.49. The first-order chi connectivity index (χ1) is 11.0. The Bertz CT molecular complexity index is 709. The lowest BCUT2D eigenvalue weighted by atomic mass is 10.1. The number of nitrogens with zero attached hydrogens (tertiary/aromatic N) is 1. The zero-order chi connectivity index (χ0) is 16.4. The van der Waals surface area contributed by atoms with E-state index in [9.17, 15) is 9.59 Å². The smallest absolute Gasteiger partial charge is 0.243 e. The zero-order valence-corrected chi connectivity index (χ0v) is 14.7. The SMILES string of the molecule is CC1(C)SC[C@H](C(=O)NCCc2nc3ccccc3s2)NC1=O. The van der Waals surface area contributed by atoms with Gasteiger partial charge in [0.15, 0.2) is 0 Å². The molecule has 0 bridgehead atoms. The van der Waals surface area contributed by atoms with Crippen LogP contribution in [0.4, 0.5) is 0 Å². The second-order valence-corrected chi connectivity index (χ2v) is 8.72. The Hall–Kier alpha value is -1.60. The van der Waals surface area contributed by atoms with Crippen LogP contribution in [0, 0.1) is 0 Å². The molecule has 2 heterocycles. The number of aromatic nitrogens is 1. The van der Waals surface area contributed by atoms with Gasteiger partial charge in [0.05, 0.1) is 20.0 Å². The van der Waals surface area contributed by atoms with Crippen LogP contribution < -0.4 is 10.6 Å². The van der Waals surface area contributed by atoms with Gasteiger partial charge in [-0.2, -0.15) is 0 Å². The summed E-state index contributed by atoms with van der Waals surface area (Å²) in [6.07, 6.45) is 0.699. The van der Waals surface area contributed by atoms with E-state index >= 15 is 0 Å². The lowest BCUT2D eigenvalue weighted by Crippen LogP contribution is -2.57. The molecule has 7 heteroatoms. The van der Waals surface area contributed by atoms with Crippen molar-refractivity contribution in [3.05, 3.63) is 29.3 Å². The van der Waals surface area contributed by atoms with Crippen molar-refractivity contribution >= 4 is 45.1 Å². The molecule has 2 N–H and O–H groups in total. The molecule has 1 saturated heterocycles. The monoisotopic (exact) mass is 349 g/mol. The summed E-state index contributed by atoms with van der Waals surface area (Å²) in [7, 11) is 0. The fourth-order valence-corrected chi connectivity index (χ4v) is 4.29. The fraction of sp³-hybridized carbons (Fsp3) is 0.438. The number of hydrogen-bond acceptors (Lipinski definition) is 5. The lowest BCUT2D eigenvalue weighted by molar-refractivity contribution is -0.129. The standard InChI is InChI=1S/C16H19N3O2S2/c1-16(2)15(21)19-11(9-22-16)14(20)17-8-7-13-18-10-5-3-4-6-12(10)23-13/h3-6,11H,7-9H2,1-2H3,(H,17,20)(H,19,21)/t11-/m1/s1. The van der Waals surface area contributed by atoms with Crippen molar-refractivity contribution in [3.8, 4) is 0 Å². The minimum absolute atomic E-state index is 0.0833. The highest BCUT2D eigenvalue weighted by Crippen LogP contribution is 2.29. The first-order valence-electron chi connectivity index (χ1n) is 7.53. The summed E-state index contributed by atoms with van der Waals surface area (Å²) in [5.41, 5.74) is 0.997. The topological polar surface area (TPSA) is 71.1 Å². The molecular formula is C16H19N3O2S2. The van der Waals surface area contributed by atoms with Crippen molar-refractivity contribution in [2.75, 3.05) is 12.3 Å². The number of thioether (sulfide) groups is 1. The summed E-state index contributed by atoms with van der Waals surface area (Å²) in [6, 6.07) is 7.56. The minimum atomic E-state index is -0.461. The molecule has 23 heavy (non-hydrogen) atoms. The third-order valence-corrected chi connectivity index (χ3v) is 6.26. The van der Waals surface area contributed by atoms with Crippen molar-refractivity contribution in [1.29, 1.82) is 0 Å². The van der Waals surface area contributed by atoms with E-state index in [0.29, 0.717) is 18.7 Å². The normalized spacial score (nSPS) is 20.3. The van der Waals surface area contributed by atoms with Crippen LogP contribution in [0.2, 0.25) is 0 Å². The van der Waals surface area contributed by atoms with Crippen LogP contribution in [-0.2, 0) is 16.0 Å². The summed E-state index contributed by atoms with van der Waals surface area (Å²) in [5, 5.41) is 6.69. The van der Waals surface area contributed by atoms with Gasteiger partial charge >= 0.3 is 0 Å². The Morgan fingerprint density at radius 2 is 2.22 bits per heavy atom. The molecule has 1 atom stereocenters. The van der Waals surface area contributed by atoms with Gasteiger partial charge in [-0.25, -0.2) is 4.98 Å². The number of rotatable bonds is 4. The van der Waals surface area contributed by atoms with Gasteiger partial charge in [-0.05, 0) is 26.0 Å². The van der Waals surface area contributed by atoms with Gasteiger partial charge in [0.1, 0.15) is 6.04 Å². The summed E-state index contributed by atoms with van der Waals surface area (Å²) in [4.78, 5) is 28.6. The number of carbonyl (C=O) groups excluding carboxylic acids is 2. The maximum absolute atomic E-state index is 12.2. The molecule has 3 rings (SSSR count). The summed E-state index contributed by atoms with van der Waals surface area (Å²) < 4.78 is 0.699. The Labute approximate surface area is 143 Å². The molecule has 1 aliphatic rings. The molecule has 0 saturated carbocycles. The van der Waals surface area contributed by atoms with Crippen LogP contribution in [-0.4, -0.2) is 39.9 Å². The van der Waals surface area contributed by atoms with E-state index in [-0.39, 0.29) is 11.8 Å². The van der Waals surface area contributed by atoms with E-state index in [1.807, 2.05) is 38.1 Å². The molecular weight excluding hydrogens is 330 g/mol. The van der Waals surface area contributed by atoms with Crippen molar-refractivity contribution in [1.82, 2.24) is 15.6 Å². The highest BCUT2D eigenvalue weighted by Gasteiger charge is 2.37. The Morgan fingerprint density at radius 3 is 2.96 bits per heavy atom. The maximum atomic E-state index is 12.2. The van der Waals surface area contributed by atoms with E-state index < -0.39 is 10.8 Å². The maximum Gasteiger partial charge on any atom is 0.243 e. The van der Waals surface area contributed by atoms with Crippen LogP contribution >= 0.6 is 23.1 Å². The van der Waals surface area contributed by atoms with Gasteiger partial charge in [-0.3, -0.25) is 9.59 Å². The lowest BCUT2D eigenvalue weighted by Gasteiger charge is -2.32. The van der Waals surface area contributed by atoms with Crippen LogP contribution in [0.3, 0.4) is 0 Å². The number of hydrogen-bond donors (Lipinski definition) is 2. The van der Waals surface area contributed by atoms with Gasteiger partial charge in [0.25, 0.3) is 0 Å². The largest absolute Gasteiger partial charge is 0.354 e. The summed E-state index contributed by atoms with van der Waals surface area (Å²) >= 11 is 3.16. The Morgan fingerprint density at radius 1 is 1.43 bits per heavy atom. The van der Waals surface area contributed by atoms with E-state index in [1.165, 1.54) is 11.8 Å². The van der Waals surface area contributed by atoms with Crippen LogP contribution in [0.15, 0.2) is 24.3 Å². The number of benzene rings is 1. The molecule has 0 radical (unpaired) electrons. The molecule has 0 unspecified atom stereocenters. The van der Waals surface area contributed by atoms with Crippen molar-refractivity contribution in [2.45, 2.75) is 31.1 Å².